The Bertz CT molecular complexity index is 375. The van der Waals surface area contributed by atoms with Crippen molar-refractivity contribution in [1.82, 2.24) is 15.7 Å². The molecule has 22 heavy (non-hydrogen) atoms. The van der Waals surface area contributed by atoms with E-state index in [0.717, 1.165) is 31.0 Å². The van der Waals surface area contributed by atoms with Gasteiger partial charge in [-0.15, -0.1) is 0 Å². The molecular weight excluding hydrogens is 286 g/mol. The van der Waals surface area contributed by atoms with Crippen molar-refractivity contribution < 1.29 is 19.2 Å². The number of rotatable bonds is 5. The second-order valence-corrected chi connectivity index (χ2v) is 6.65. The van der Waals surface area contributed by atoms with Crippen LogP contribution in [0.5, 0.6) is 0 Å². The lowest BCUT2D eigenvalue weighted by atomic mass is 9.90. The molecule has 0 bridgehead atoms. The molecule has 0 aromatic rings. The zero-order chi connectivity index (χ0) is 16.8. The number of hydrogen-bond donors (Lipinski definition) is 2. The third kappa shape index (κ3) is 6.62. The highest BCUT2D eigenvalue weighted by atomic mass is 16.7. The predicted molar refractivity (Wildman–Crippen MR) is 83.1 cm³/mol. The summed E-state index contributed by atoms with van der Waals surface area (Å²) in [6.45, 7) is 7.25. The number of carbonyl (C=O) groups is 2. The van der Waals surface area contributed by atoms with Gasteiger partial charge >= 0.3 is 6.09 Å². The third-order valence-corrected chi connectivity index (χ3v) is 3.60. The highest BCUT2D eigenvalue weighted by Gasteiger charge is 2.29. The molecule has 1 aliphatic heterocycles. The number of likely N-dealkylation sites (N-methyl/N-ethyl adjacent to an activating group) is 1. The highest BCUT2D eigenvalue weighted by molar-refractivity contribution is 5.84. The molecule has 1 fully saturated rings. The van der Waals surface area contributed by atoms with Crippen molar-refractivity contribution in [3.63, 3.8) is 0 Å². The van der Waals surface area contributed by atoms with Crippen molar-refractivity contribution >= 4 is 12.0 Å². The van der Waals surface area contributed by atoms with Gasteiger partial charge in [0.15, 0.2) is 0 Å². The molecule has 2 N–H and O–H groups in total. The van der Waals surface area contributed by atoms with Crippen molar-refractivity contribution in [2.45, 2.75) is 51.7 Å². The first kappa shape index (κ1) is 18.7. The van der Waals surface area contributed by atoms with E-state index in [-0.39, 0.29) is 5.91 Å². The van der Waals surface area contributed by atoms with Gasteiger partial charge in [-0.05, 0) is 59.0 Å². The van der Waals surface area contributed by atoms with Crippen LogP contribution in [0.15, 0.2) is 0 Å². The van der Waals surface area contributed by atoms with Crippen LogP contribution in [0, 0.1) is 5.92 Å². The monoisotopic (exact) mass is 315 g/mol. The van der Waals surface area contributed by atoms with Gasteiger partial charge in [0, 0.05) is 7.05 Å². The van der Waals surface area contributed by atoms with E-state index in [1.807, 2.05) is 0 Å². The van der Waals surface area contributed by atoms with Crippen LogP contribution in [0.4, 0.5) is 4.79 Å². The van der Waals surface area contributed by atoms with Crippen molar-refractivity contribution in [2.75, 3.05) is 27.2 Å². The summed E-state index contributed by atoms with van der Waals surface area (Å²) in [4.78, 5) is 29.3. The first-order valence-electron chi connectivity index (χ1n) is 7.75. The fourth-order valence-electron chi connectivity index (χ4n) is 2.43. The zero-order valence-electron chi connectivity index (χ0n) is 14.3. The number of hydroxylamine groups is 2. The van der Waals surface area contributed by atoms with Gasteiger partial charge in [-0.2, -0.15) is 0 Å². The summed E-state index contributed by atoms with van der Waals surface area (Å²) in [5.41, 5.74) is -0.598. The topological polar surface area (TPSA) is 79.9 Å². The molecule has 0 aromatic heterocycles. The number of amides is 2. The van der Waals surface area contributed by atoms with Gasteiger partial charge in [-0.25, -0.2) is 9.86 Å². The standard InChI is InChI=1S/C15H29N3O4/c1-15(2,3)22-14(20)17-12(13(19)18(4)21-5)10-11-6-8-16-9-7-11/h11-12,16H,6-10H2,1-5H3,(H,17,20)/t12-/m0/s1. The highest BCUT2D eigenvalue weighted by Crippen LogP contribution is 2.19. The van der Waals surface area contributed by atoms with Crippen molar-refractivity contribution in [3.8, 4) is 0 Å². The Morgan fingerprint density at radius 2 is 1.91 bits per heavy atom. The van der Waals surface area contributed by atoms with Gasteiger partial charge in [0.25, 0.3) is 5.91 Å². The minimum absolute atomic E-state index is 0.271. The lowest BCUT2D eigenvalue weighted by molar-refractivity contribution is -0.171. The molecule has 0 radical (unpaired) electrons. The summed E-state index contributed by atoms with van der Waals surface area (Å²) < 4.78 is 5.25. The Balaban J connectivity index is 2.68. The molecule has 0 aromatic carbocycles. The van der Waals surface area contributed by atoms with Gasteiger partial charge in [-0.3, -0.25) is 9.63 Å². The molecule has 0 aliphatic carbocycles. The molecule has 128 valence electrons. The first-order chi connectivity index (χ1) is 10.2. The van der Waals surface area contributed by atoms with E-state index in [1.165, 1.54) is 14.2 Å². The molecular formula is C15H29N3O4. The third-order valence-electron chi connectivity index (χ3n) is 3.60. The summed E-state index contributed by atoms with van der Waals surface area (Å²) in [7, 11) is 2.96. The van der Waals surface area contributed by atoms with Crippen molar-refractivity contribution in [1.29, 1.82) is 0 Å². The second kappa shape index (κ2) is 8.33. The Labute approximate surface area is 132 Å². The summed E-state index contributed by atoms with van der Waals surface area (Å²) in [6.07, 6.45) is 2.00. The molecule has 1 rings (SSSR count). The Morgan fingerprint density at radius 1 is 1.32 bits per heavy atom. The summed E-state index contributed by atoms with van der Waals surface area (Å²) in [5, 5.41) is 7.12. The minimum Gasteiger partial charge on any atom is -0.444 e. The maximum atomic E-state index is 12.4. The van der Waals surface area contributed by atoms with Crippen LogP contribution in [-0.2, 0) is 14.4 Å². The number of nitrogens with zero attached hydrogens (tertiary/aromatic N) is 1. The lowest BCUT2D eigenvalue weighted by Crippen LogP contribution is -2.49. The smallest absolute Gasteiger partial charge is 0.408 e. The first-order valence-corrected chi connectivity index (χ1v) is 7.75. The van der Waals surface area contributed by atoms with Gasteiger partial charge in [0.05, 0.1) is 7.11 Å². The molecule has 1 atom stereocenters. The van der Waals surface area contributed by atoms with Crippen LogP contribution < -0.4 is 10.6 Å². The largest absolute Gasteiger partial charge is 0.444 e. The van der Waals surface area contributed by atoms with Crippen LogP contribution in [0.3, 0.4) is 0 Å². The van der Waals surface area contributed by atoms with Crippen LogP contribution in [-0.4, -0.2) is 56.0 Å². The lowest BCUT2D eigenvalue weighted by Gasteiger charge is -2.29. The number of nitrogens with one attached hydrogen (secondary N) is 2. The average Bonchev–Trinajstić information content (AvgIpc) is 2.44. The zero-order valence-corrected chi connectivity index (χ0v) is 14.3. The van der Waals surface area contributed by atoms with E-state index in [0.29, 0.717) is 12.3 Å². The normalized spacial score (nSPS) is 17.7. The predicted octanol–water partition coefficient (Wildman–Crippen LogP) is 1.29. The van der Waals surface area contributed by atoms with Gasteiger partial charge in [0.1, 0.15) is 11.6 Å². The van der Waals surface area contributed by atoms with Gasteiger partial charge in [-0.1, -0.05) is 0 Å². The number of hydrogen-bond acceptors (Lipinski definition) is 5. The van der Waals surface area contributed by atoms with E-state index in [4.69, 9.17) is 9.57 Å². The average molecular weight is 315 g/mol. The Morgan fingerprint density at radius 3 is 2.41 bits per heavy atom. The molecule has 7 heteroatoms. The molecule has 0 spiro atoms. The Hall–Kier alpha value is -1.34. The van der Waals surface area contributed by atoms with Crippen LogP contribution in [0.2, 0.25) is 0 Å². The SMILES string of the molecule is CON(C)C(=O)[C@H](CC1CCNCC1)NC(=O)OC(C)(C)C. The van der Waals surface area contributed by atoms with E-state index in [2.05, 4.69) is 10.6 Å². The fraction of sp³-hybridized carbons (Fsp3) is 0.867. The summed E-state index contributed by atoms with van der Waals surface area (Å²) in [5.74, 6) is 0.127. The summed E-state index contributed by atoms with van der Waals surface area (Å²) in [6, 6.07) is -0.636. The molecule has 1 heterocycles. The quantitative estimate of drug-likeness (QED) is 0.747. The number of alkyl carbamates (subject to hydrolysis) is 1. The van der Waals surface area contributed by atoms with Crippen molar-refractivity contribution in [2.24, 2.45) is 5.92 Å². The molecule has 0 unspecified atom stereocenters. The molecule has 2 amide bonds. The number of carbonyl (C=O) groups excluding carboxylic acids is 2. The molecule has 7 nitrogen and oxygen atoms in total. The van der Waals surface area contributed by atoms with Crippen LogP contribution in [0.25, 0.3) is 0 Å². The van der Waals surface area contributed by atoms with Gasteiger partial charge < -0.3 is 15.4 Å². The maximum Gasteiger partial charge on any atom is 0.408 e. The van der Waals surface area contributed by atoms with E-state index in [9.17, 15) is 9.59 Å². The molecule has 0 saturated carbocycles. The van der Waals surface area contributed by atoms with Crippen molar-refractivity contribution in [3.05, 3.63) is 0 Å². The minimum atomic E-state index is -0.636. The second-order valence-electron chi connectivity index (χ2n) is 6.65. The maximum absolute atomic E-state index is 12.4. The van der Waals surface area contributed by atoms with Crippen LogP contribution >= 0.6 is 0 Å². The van der Waals surface area contributed by atoms with E-state index in [1.54, 1.807) is 20.8 Å². The van der Waals surface area contributed by atoms with E-state index >= 15 is 0 Å². The fourth-order valence-corrected chi connectivity index (χ4v) is 2.43. The van der Waals surface area contributed by atoms with Gasteiger partial charge in [0.2, 0.25) is 0 Å². The molecule has 1 aliphatic rings. The molecule has 1 saturated heterocycles. The Kier molecular flexibility index (Phi) is 7.09. The number of piperidine rings is 1. The number of ether oxygens (including phenoxy) is 1. The summed E-state index contributed by atoms with van der Waals surface area (Å²) >= 11 is 0. The van der Waals surface area contributed by atoms with Crippen LogP contribution in [0.1, 0.15) is 40.0 Å². The van der Waals surface area contributed by atoms with E-state index < -0.39 is 17.7 Å².